The van der Waals surface area contributed by atoms with Gasteiger partial charge in [0.05, 0.1) is 0 Å². The standard InChI is InChI=1S/C3H8N.Al/c1-3(2)4;/h3-4H,1-2H3;/q-1;+3. The van der Waals surface area contributed by atoms with Crippen molar-refractivity contribution in [1.29, 1.82) is 0 Å². The average Bonchev–Trinajstić information content (AvgIpc) is 1.38. The molecular formula is C3H8AlN+2. The fourth-order valence-corrected chi connectivity index (χ4v) is 0. The minimum absolute atomic E-state index is 0.597. The van der Waals surface area contributed by atoms with E-state index in [1.165, 1.54) is 0 Å². The second-order valence-corrected chi connectivity index (χ2v) is 1.65. The van der Waals surface area contributed by atoms with Crippen molar-refractivity contribution in [1.82, 2.24) is 4.30 Å². The summed E-state index contributed by atoms with van der Waals surface area (Å²) in [5.74, 6) is 0. The van der Waals surface area contributed by atoms with Crippen molar-refractivity contribution in [2.24, 2.45) is 0 Å². The Hall–Kier alpha value is 0.492. The Morgan fingerprint density at radius 2 is 1.80 bits per heavy atom. The fourth-order valence-electron chi connectivity index (χ4n) is 0. The number of rotatable bonds is 1. The van der Waals surface area contributed by atoms with Crippen LogP contribution in [-0.4, -0.2) is 22.6 Å². The zero-order valence-electron chi connectivity index (χ0n) is 3.65. The van der Waals surface area contributed by atoms with Crippen LogP contribution in [0.2, 0.25) is 0 Å². The molecule has 0 unspecified atom stereocenters. The van der Waals surface area contributed by atoms with Gasteiger partial charge in [0.25, 0.3) is 0 Å². The Labute approximate surface area is 41.4 Å². The van der Waals surface area contributed by atoms with Crippen LogP contribution >= 0.6 is 0 Å². The van der Waals surface area contributed by atoms with Crippen LogP contribution in [0, 0.1) is 0 Å². The summed E-state index contributed by atoms with van der Waals surface area (Å²) >= 11 is 2.44. The first kappa shape index (κ1) is 5.49. The van der Waals surface area contributed by atoms with Crippen molar-refractivity contribution in [3.63, 3.8) is 0 Å². The molecule has 0 aromatic carbocycles. The van der Waals surface area contributed by atoms with Crippen molar-refractivity contribution in [3.8, 4) is 0 Å². The van der Waals surface area contributed by atoms with Crippen molar-refractivity contribution in [2.45, 2.75) is 19.9 Å². The predicted octanol–water partition coefficient (Wildman–Crippen LogP) is 0.0679. The molecule has 5 heavy (non-hydrogen) atoms. The Bertz CT molecular complexity index is 20.9. The fraction of sp³-hybridized carbons (Fsp3) is 1.00. The molecule has 2 heteroatoms. The Kier molecular flexibility index (Phi) is 2.98. The quantitative estimate of drug-likeness (QED) is 0.444. The molecule has 1 N–H and O–H groups in total. The summed E-state index contributed by atoms with van der Waals surface area (Å²) in [5, 5.41) is 0. The second-order valence-electron chi connectivity index (χ2n) is 1.32. The molecule has 0 saturated carbocycles. The summed E-state index contributed by atoms with van der Waals surface area (Å²) in [7, 11) is 0. The van der Waals surface area contributed by atoms with Gasteiger partial charge in [-0.05, 0) is 0 Å². The first-order valence-electron chi connectivity index (χ1n) is 1.73. The first-order valence-corrected chi connectivity index (χ1v) is 2.31. The van der Waals surface area contributed by atoms with Crippen LogP contribution in [0.5, 0.6) is 0 Å². The van der Waals surface area contributed by atoms with Gasteiger partial charge in [-0.2, -0.15) is 0 Å². The molecule has 26 valence electrons. The molecule has 0 aliphatic heterocycles. The zero-order chi connectivity index (χ0) is 4.28. The van der Waals surface area contributed by atoms with Gasteiger partial charge in [-0.15, -0.1) is 0 Å². The number of hydrogen-bond acceptors (Lipinski definition) is 1. The Morgan fingerprint density at radius 3 is 1.80 bits per heavy atom. The third-order valence-corrected chi connectivity index (χ3v) is 1.00. The van der Waals surface area contributed by atoms with Gasteiger partial charge in [0.15, 0.2) is 0 Å². The molecule has 0 aliphatic rings. The second kappa shape index (κ2) is 2.72. The number of nitrogens with one attached hydrogen (secondary N) is 1. The number of hydrogen-bond donors (Lipinski definition) is 1. The van der Waals surface area contributed by atoms with Crippen LogP contribution in [-0.2, 0) is 0 Å². The van der Waals surface area contributed by atoms with E-state index in [4.69, 9.17) is 0 Å². The zero-order valence-corrected chi connectivity index (χ0v) is 4.81. The van der Waals surface area contributed by atoms with Gasteiger partial charge in [0.2, 0.25) is 0 Å². The van der Waals surface area contributed by atoms with Crippen molar-refractivity contribution < 1.29 is 0 Å². The van der Waals surface area contributed by atoms with Crippen LogP contribution in [0.1, 0.15) is 13.8 Å². The molecule has 0 spiro atoms. The predicted molar refractivity (Wildman–Crippen MR) is 24.0 cm³/mol. The molecule has 0 aromatic heterocycles. The van der Waals surface area contributed by atoms with Crippen molar-refractivity contribution in [3.05, 3.63) is 0 Å². The maximum atomic E-state index is 2.94. The molecule has 0 heterocycles. The van der Waals surface area contributed by atoms with Crippen molar-refractivity contribution >= 4 is 16.5 Å². The minimum atomic E-state index is 0.597. The van der Waals surface area contributed by atoms with E-state index in [0.29, 0.717) is 6.04 Å². The molecule has 0 rings (SSSR count). The third-order valence-electron chi connectivity index (χ3n) is 0.333. The molecule has 0 amide bonds. The summed E-state index contributed by atoms with van der Waals surface area (Å²) in [4.78, 5) is 0. The molecule has 1 nitrogen and oxygen atoms in total. The summed E-state index contributed by atoms with van der Waals surface area (Å²) in [6, 6.07) is 0.597. The van der Waals surface area contributed by atoms with E-state index in [-0.39, 0.29) is 0 Å². The van der Waals surface area contributed by atoms with Crippen LogP contribution in [0.25, 0.3) is 0 Å². The van der Waals surface area contributed by atoms with E-state index in [0.717, 1.165) is 0 Å². The topological polar surface area (TPSA) is 12.0 Å². The third kappa shape index (κ3) is 4.49. The summed E-state index contributed by atoms with van der Waals surface area (Å²) in [5.41, 5.74) is 0. The van der Waals surface area contributed by atoms with E-state index in [1.807, 2.05) is 0 Å². The molecule has 0 saturated heterocycles. The van der Waals surface area contributed by atoms with Gasteiger partial charge in [0.1, 0.15) is 0 Å². The van der Waals surface area contributed by atoms with E-state index < -0.39 is 0 Å². The van der Waals surface area contributed by atoms with Gasteiger partial charge in [-0.25, -0.2) is 0 Å². The van der Waals surface area contributed by atoms with Crippen LogP contribution in [0.4, 0.5) is 0 Å². The van der Waals surface area contributed by atoms with Gasteiger partial charge in [0, 0.05) is 0 Å². The average molecular weight is 85.1 g/mol. The van der Waals surface area contributed by atoms with Gasteiger partial charge in [-0.1, -0.05) is 0 Å². The van der Waals surface area contributed by atoms with Gasteiger partial charge >= 0.3 is 40.7 Å². The molecule has 0 radical (unpaired) electrons. The summed E-state index contributed by atoms with van der Waals surface area (Å²) in [6.45, 7) is 4.18. The summed E-state index contributed by atoms with van der Waals surface area (Å²) in [6.07, 6.45) is 0. The molecule has 0 fully saturated rings. The maximum absolute atomic E-state index is 2.94. The van der Waals surface area contributed by atoms with E-state index in [1.54, 1.807) is 0 Å². The van der Waals surface area contributed by atoms with Crippen LogP contribution in [0.3, 0.4) is 0 Å². The molecule has 0 bridgehead atoms. The summed E-state index contributed by atoms with van der Waals surface area (Å²) < 4.78 is 2.94. The van der Waals surface area contributed by atoms with Gasteiger partial charge in [-0.3, -0.25) is 0 Å². The van der Waals surface area contributed by atoms with Crippen LogP contribution in [0.15, 0.2) is 0 Å². The van der Waals surface area contributed by atoms with Crippen LogP contribution < -0.4 is 4.30 Å². The SMILES string of the molecule is CC(C)[NH][Al+2]. The van der Waals surface area contributed by atoms with Crippen molar-refractivity contribution in [2.75, 3.05) is 0 Å². The first-order chi connectivity index (χ1) is 2.27. The van der Waals surface area contributed by atoms with E-state index >= 15 is 0 Å². The van der Waals surface area contributed by atoms with Gasteiger partial charge < -0.3 is 0 Å². The molecule has 0 aliphatic carbocycles. The molecular weight excluding hydrogens is 77.0 g/mol. The Balaban J connectivity index is 2.54. The Morgan fingerprint density at radius 1 is 1.60 bits per heavy atom. The van der Waals surface area contributed by atoms with E-state index in [9.17, 15) is 0 Å². The molecule has 0 atom stereocenters. The normalized spacial score (nSPS) is 9.80. The molecule has 0 aromatic rings. The van der Waals surface area contributed by atoms with E-state index in [2.05, 4.69) is 34.7 Å². The monoisotopic (exact) mass is 85.0 g/mol.